The Labute approximate surface area is 109 Å². The third-order valence-electron chi connectivity index (χ3n) is 3.30. The molecule has 0 aliphatic heterocycles. The quantitative estimate of drug-likeness (QED) is 0.845. The maximum Gasteiger partial charge on any atom is 0.0401 e. The summed E-state index contributed by atoms with van der Waals surface area (Å²) in [5.74, 6) is 0. The first-order valence-electron chi connectivity index (χ1n) is 6.27. The molecule has 2 N–H and O–H groups in total. The molecule has 0 saturated heterocycles. The van der Waals surface area contributed by atoms with E-state index in [0.717, 1.165) is 12.2 Å². The average molecular weight is 240 g/mol. The lowest BCUT2D eigenvalue weighted by molar-refractivity contribution is 1.13. The van der Waals surface area contributed by atoms with Crippen LogP contribution >= 0.6 is 0 Å². The van der Waals surface area contributed by atoms with E-state index in [1.54, 1.807) is 0 Å². The first kappa shape index (κ1) is 12.5. The minimum atomic E-state index is 0.847. The highest BCUT2D eigenvalue weighted by atomic mass is 14.9. The van der Waals surface area contributed by atoms with Crippen LogP contribution in [0.5, 0.6) is 0 Å². The first-order chi connectivity index (χ1) is 8.70. The molecule has 18 heavy (non-hydrogen) atoms. The van der Waals surface area contributed by atoms with E-state index in [1.807, 2.05) is 7.05 Å². The minimum absolute atomic E-state index is 0.847. The van der Waals surface area contributed by atoms with Gasteiger partial charge in [0.25, 0.3) is 0 Å². The molecule has 0 bridgehead atoms. The molecule has 0 unspecified atom stereocenters. The fraction of sp³-hybridized carbons (Fsp3) is 0.250. The molecule has 0 spiro atoms. The Morgan fingerprint density at radius 3 is 2.56 bits per heavy atom. The van der Waals surface area contributed by atoms with Crippen LogP contribution in [0.15, 0.2) is 42.5 Å². The SMILES string of the molecule is CNc1cccc(CNc2cccc(C)c2C)c1. The van der Waals surface area contributed by atoms with Gasteiger partial charge in [0.05, 0.1) is 0 Å². The van der Waals surface area contributed by atoms with Crippen LogP contribution in [0.3, 0.4) is 0 Å². The fourth-order valence-corrected chi connectivity index (χ4v) is 1.98. The number of rotatable bonds is 4. The summed E-state index contributed by atoms with van der Waals surface area (Å²) in [6.45, 7) is 5.14. The number of hydrogen-bond acceptors (Lipinski definition) is 2. The van der Waals surface area contributed by atoms with Crippen molar-refractivity contribution < 1.29 is 0 Å². The van der Waals surface area contributed by atoms with Gasteiger partial charge in [0.15, 0.2) is 0 Å². The Morgan fingerprint density at radius 1 is 1.00 bits per heavy atom. The summed E-state index contributed by atoms with van der Waals surface area (Å²) in [5, 5.41) is 6.65. The molecule has 0 aliphatic carbocycles. The van der Waals surface area contributed by atoms with Gasteiger partial charge in [-0.1, -0.05) is 24.3 Å². The third-order valence-corrected chi connectivity index (χ3v) is 3.30. The molecule has 2 aromatic rings. The average Bonchev–Trinajstić information content (AvgIpc) is 2.41. The normalized spacial score (nSPS) is 10.2. The van der Waals surface area contributed by atoms with Crippen LogP contribution in [0.1, 0.15) is 16.7 Å². The first-order valence-corrected chi connectivity index (χ1v) is 6.27. The summed E-state index contributed by atoms with van der Waals surface area (Å²) < 4.78 is 0. The smallest absolute Gasteiger partial charge is 0.0401 e. The Bertz CT molecular complexity index is 532. The molecule has 0 aliphatic rings. The molecule has 2 aromatic carbocycles. The maximum atomic E-state index is 3.49. The molecule has 0 heterocycles. The number of benzene rings is 2. The lowest BCUT2D eigenvalue weighted by Gasteiger charge is -2.12. The van der Waals surface area contributed by atoms with Gasteiger partial charge in [-0.05, 0) is 48.7 Å². The number of nitrogens with one attached hydrogen (secondary N) is 2. The zero-order chi connectivity index (χ0) is 13.0. The lowest BCUT2D eigenvalue weighted by Crippen LogP contribution is -2.02. The molecule has 94 valence electrons. The van der Waals surface area contributed by atoms with Crippen LogP contribution in [-0.2, 0) is 6.54 Å². The van der Waals surface area contributed by atoms with E-state index in [2.05, 4.69) is 66.9 Å². The van der Waals surface area contributed by atoms with Gasteiger partial charge in [0, 0.05) is 25.0 Å². The van der Waals surface area contributed by atoms with Crippen molar-refractivity contribution >= 4 is 11.4 Å². The van der Waals surface area contributed by atoms with Crippen LogP contribution < -0.4 is 10.6 Å². The third kappa shape index (κ3) is 2.83. The number of aryl methyl sites for hydroxylation is 1. The molecule has 0 radical (unpaired) electrons. The van der Waals surface area contributed by atoms with Crippen molar-refractivity contribution in [3.8, 4) is 0 Å². The van der Waals surface area contributed by atoms with Crippen LogP contribution in [0.25, 0.3) is 0 Å². The molecule has 2 nitrogen and oxygen atoms in total. The second-order valence-corrected chi connectivity index (χ2v) is 4.55. The summed E-state index contributed by atoms with van der Waals surface area (Å²) in [7, 11) is 1.94. The zero-order valence-corrected chi connectivity index (χ0v) is 11.2. The number of anilines is 2. The van der Waals surface area contributed by atoms with Gasteiger partial charge >= 0.3 is 0 Å². The van der Waals surface area contributed by atoms with Crippen molar-refractivity contribution in [3.05, 3.63) is 59.2 Å². The molecule has 0 fully saturated rings. The molecule has 0 saturated carbocycles. The van der Waals surface area contributed by atoms with E-state index in [0.29, 0.717) is 0 Å². The lowest BCUT2D eigenvalue weighted by atomic mass is 10.1. The Hall–Kier alpha value is -1.96. The van der Waals surface area contributed by atoms with Gasteiger partial charge in [-0.25, -0.2) is 0 Å². The van der Waals surface area contributed by atoms with Crippen LogP contribution in [0.2, 0.25) is 0 Å². The summed E-state index contributed by atoms with van der Waals surface area (Å²) in [6, 6.07) is 14.8. The monoisotopic (exact) mass is 240 g/mol. The molecule has 0 amide bonds. The van der Waals surface area contributed by atoms with Gasteiger partial charge < -0.3 is 10.6 Å². The predicted octanol–water partition coefficient (Wildman–Crippen LogP) is 3.96. The van der Waals surface area contributed by atoms with E-state index in [1.165, 1.54) is 22.4 Å². The van der Waals surface area contributed by atoms with E-state index in [4.69, 9.17) is 0 Å². The Morgan fingerprint density at radius 2 is 1.78 bits per heavy atom. The molecule has 2 rings (SSSR count). The highest BCUT2D eigenvalue weighted by molar-refractivity contribution is 5.54. The summed E-state index contributed by atoms with van der Waals surface area (Å²) in [4.78, 5) is 0. The van der Waals surface area contributed by atoms with E-state index in [9.17, 15) is 0 Å². The highest BCUT2D eigenvalue weighted by Gasteiger charge is 2.00. The van der Waals surface area contributed by atoms with E-state index >= 15 is 0 Å². The van der Waals surface area contributed by atoms with E-state index in [-0.39, 0.29) is 0 Å². The van der Waals surface area contributed by atoms with Crippen LogP contribution in [0.4, 0.5) is 11.4 Å². The van der Waals surface area contributed by atoms with Crippen molar-refractivity contribution in [1.82, 2.24) is 0 Å². The van der Waals surface area contributed by atoms with Gasteiger partial charge in [-0.15, -0.1) is 0 Å². The van der Waals surface area contributed by atoms with Crippen LogP contribution in [0, 0.1) is 13.8 Å². The van der Waals surface area contributed by atoms with Crippen molar-refractivity contribution in [2.24, 2.45) is 0 Å². The van der Waals surface area contributed by atoms with Crippen molar-refractivity contribution in [3.63, 3.8) is 0 Å². The van der Waals surface area contributed by atoms with Crippen molar-refractivity contribution in [2.75, 3.05) is 17.7 Å². The molecular weight excluding hydrogens is 220 g/mol. The Kier molecular flexibility index (Phi) is 3.88. The second kappa shape index (κ2) is 5.58. The molecule has 0 aromatic heterocycles. The topological polar surface area (TPSA) is 24.1 Å². The van der Waals surface area contributed by atoms with Gasteiger partial charge in [-0.2, -0.15) is 0 Å². The molecule has 2 heteroatoms. The maximum absolute atomic E-state index is 3.49. The van der Waals surface area contributed by atoms with Gasteiger partial charge in [0.2, 0.25) is 0 Å². The second-order valence-electron chi connectivity index (χ2n) is 4.55. The molecule has 0 atom stereocenters. The van der Waals surface area contributed by atoms with Crippen LogP contribution in [-0.4, -0.2) is 7.05 Å². The minimum Gasteiger partial charge on any atom is -0.388 e. The predicted molar refractivity (Wildman–Crippen MR) is 79.2 cm³/mol. The Balaban J connectivity index is 2.09. The fourth-order valence-electron chi connectivity index (χ4n) is 1.98. The summed E-state index contributed by atoms with van der Waals surface area (Å²) in [5.41, 5.74) is 6.29. The zero-order valence-electron chi connectivity index (χ0n) is 11.2. The largest absolute Gasteiger partial charge is 0.388 e. The molecular formula is C16H20N2. The standard InChI is InChI=1S/C16H20N2/c1-12-6-4-9-16(13(12)2)18-11-14-7-5-8-15(10-14)17-3/h4-10,17-18H,11H2,1-3H3. The summed E-state index contributed by atoms with van der Waals surface area (Å²) in [6.07, 6.45) is 0. The van der Waals surface area contributed by atoms with Gasteiger partial charge in [-0.3, -0.25) is 0 Å². The van der Waals surface area contributed by atoms with Crippen molar-refractivity contribution in [2.45, 2.75) is 20.4 Å². The summed E-state index contributed by atoms with van der Waals surface area (Å²) >= 11 is 0. The number of hydrogen-bond donors (Lipinski definition) is 2. The van der Waals surface area contributed by atoms with E-state index < -0.39 is 0 Å². The van der Waals surface area contributed by atoms with Crippen molar-refractivity contribution in [1.29, 1.82) is 0 Å². The highest BCUT2D eigenvalue weighted by Crippen LogP contribution is 2.19. The van der Waals surface area contributed by atoms with Gasteiger partial charge in [0.1, 0.15) is 0 Å².